The molecule has 0 spiro atoms. The number of carbonyl (C=O) groups is 1. The van der Waals surface area contributed by atoms with Crippen molar-refractivity contribution in [3.63, 3.8) is 0 Å². The molecule has 86 valence electrons. The molecule has 0 radical (unpaired) electrons. The minimum atomic E-state index is -1.34. The first-order valence-electron chi connectivity index (χ1n) is 5.30. The summed E-state index contributed by atoms with van der Waals surface area (Å²) in [5.41, 5.74) is -1.89. The van der Waals surface area contributed by atoms with Crippen LogP contribution in [0.2, 0.25) is 0 Å². The summed E-state index contributed by atoms with van der Waals surface area (Å²) in [6, 6.07) is 1.97. The third-order valence-electron chi connectivity index (χ3n) is 3.83. The molecule has 1 aliphatic carbocycles. The Kier molecular flexibility index (Phi) is 2.15. The van der Waals surface area contributed by atoms with Crippen LogP contribution in [0.25, 0.3) is 0 Å². The van der Waals surface area contributed by atoms with Gasteiger partial charge in [0.2, 0.25) is 5.91 Å². The molecular formula is C10H13N3O3. The van der Waals surface area contributed by atoms with Gasteiger partial charge in [0, 0.05) is 23.2 Å². The van der Waals surface area contributed by atoms with E-state index in [1.165, 1.54) is 0 Å². The molecule has 1 heterocycles. The fourth-order valence-electron chi connectivity index (χ4n) is 3.02. The number of rotatable bonds is 1. The molecular weight excluding hydrogens is 210 g/mol. The van der Waals surface area contributed by atoms with Crippen LogP contribution in [0, 0.1) is 32.8 Å². The standard InChI is InChI=1S/C10H13N3O3/c1-9-3-2-4-10(6-9,13(15)16)12-8(14)7(9)5-11/h7H,2-4,6H2,1H3,(H,12,14). The summed E-state index contributed by atoms with van der Waals surface area (Å²) in [6.07, 6.45) is 2.00. The minimum Gasteiger partial charge on any atom is -0.290 e. The second kappa shape index (κ2) is 3.17. The number of amides is 1. The van der Waals surface area contributed by atoms with Crippen molar-refractivity contribution in [3.8, 4) is 6.07 Å². The maximum Gasteiger partial charge on any atom is 0.296 e. The molecule has 6 heteroatoms. The molecule has 6 nitrogen and oxygen atoms in total. The Hall–Kier alpha value is -1.64. The van der Waals surface area contributed by atoms with Gasteiger partial charge < -0.3 is 0 Å². The van der Waals surface area contributed by atoms with Crippen LogP contribution in [0.3, 0.4) is 0 Å². The monoisotopic (exact) mass is 223 g/mol. The summed E-state index contributed by atoms with van der Waals surface area (Å²) in [5, 5.41) is 22.5. The summed E-state index contributed by atoms with van der Waals surface area (Å²) in [5.74, 6) is -1.26. The largest absolute Gasteiger partial charge is 0.296 e. The molecule has 1 saturated heterocycles. The zero-order valence-corrected chi connectivity index (χ0v) is 9.02. The van der Waals surface area contributed by atoms with Crippen LogP contribution in [0.15, 0.2) is 0 Å². The Balaban J connectivity index is 2.42. The zero-order valence-electron chi connectivity index (χ0n) is 9.02. The molecule has 1 N–H and O–H groups in total. The fourth-order valence-corrected chi connectivity index (χ4v) is 3.02. The second-order valence-corrected chi connectivity index (χ2v) is 5.02. The Morgan fingerprint density at radius 2 is 2.31 bits per heavy atom. The molecule has 2 fully saturated rings. The average molecular weight is 223 g/mol. The number of piperidine rings is 1. The van der Waals surface area contributed by atoms with E-state index in [2.05, 4.69) is 5.32 Å². The molecule has 3 unspecified atom stereocenters. The number of nitro groups is 1. The van der Waals surface area contributed by atoms with Gasteiger partial charge in [-0.25, -0.2) is 0 Å². The lowest BCUT2D eigenvalue weighted by molar-refractivity contribution is -0.586. The van der Waals surface area contributed by atoms with E-state index in [-0.39, 0.29) is 6.42 Å². The van der Waals surface area contributed by atoms with Gasteiger partial charge in [-0.05, 0) is 12.8 Å². The molecule has 1 aliphatic heterocycles. The van der Waals surface area contributed by atoms with Gasteiger partial charge in [-0.2, -0.15) is 5.26 Å². The fraction of sp³-hybridized carbons (Fsp3) is 0.800. The topological polar surface area (TPSA) is 96.0 Å². The van der Waals surface area contributed by atoms with Crippen LogP contribution in [-0.4, -0.2) is 16.5 Å². The normalized spacial score (nSPS) is 42.0. The average Bonchev–Trinajstić information content (AvgIpc) is 2.16. The maximum atomic E-state index is 11.7. The molecule has 16 heavy (non-hydrogen) atoms. The van der Waals surface area contributed by atoms with Gasteiger partial charge >= 0.3 is 0 Å². The summed E-state index contributed by atoms with van der Waals surface area (Å²) in [7, 11) is 0. The van der Waals surface area contributed by atoms with Crippen LogP contribution >= 0.6 is 0 Å². The van der Waals surface area contributed by atoms with Gasteiger partial charge in [-0.3, -0.25) is 20.2 Å². The number of hydrogen-bond donors (Lipinski definition) is 1. The quantitative estimate of drug-likeness (QED) is 0.525. The molecule has 2 rings (SSSR count). The van der Waals surface area contributed by atoms with Crippen LogP contribution in [0.1, 0.15) is 32.6 Å². The number of nitrogens with zero attached hydrogens (tertiary/aromatic N) is 2. The van der Waals surface area contributed by atoms with Crippen molar-refractivity contribution < 1.29 is 9.72 Å². The Morgan fingerprint density at radius 1 is 1.62 bits per heavy atom. The highest BCUT2D eigenvalue weighted by molar-refractivity contribution is 5.83. The van der Waals surface area contributed by atoms with E-state index in [4.69, 9.17) is 5.26 Å². The molecule has 0 aromatic carbocycles. The molecule has 1 saturated carbocycles. The predicted molar refractivity (Wildman–Crippen MR) is 53.5 cm³/mol. The molecule has 0 aromatic heterocycles. The Morgan fingerprint density at radius 3 is 2.88 bits per heavy atom. The number of nitriles is 1. The first kappa shape index (κ1) is 10.9. The SMILES string of the molecule is CC12CCCC([N+](=O)[O-])(C1)NC(=O)C2C#N. The third kappa shape index (κ3) is 1.28. The Labute approximate surface area is 92.8 Å². The summed E-state index contributed by atoms with van der Waals surface area (Å²) in [4.78, 5) is 22.4. The van der Waals surface area contributed by atoms with Crippen molar-refractivity contribution in [2.75, 3.05) is 0 Å². The van der Waals surface area contributed by atoms with Crippen molar-refractivity contribution in [2.24, 2.45) is 11.3 Å². The minimum absolute atomic E-state index is 0.261. The smallest absolute Gasteiger partial charge is 0.290 e. The van der Waals surface area contributed by atoms with Gasteiger partial charge in [-0.1, -0.05) is 6.92 Å². The lowest BCUT2D eigenvalue weighted by atomic mass is 9.61. The van der Waals surface area contributed by atoms with E-state index in [0.29, 0.717) is 19.3 Å². The van der Waals surface area contributed by atoms with E-state index in [0.717, 1.165) is 0 Å². The van der Waals surface area contributed by atoms with Gasteiger partial charge in [-0.15, -0.1) is 0 Å². The molecule has 2 bridgehead atoms. The lowest BCUT2D eigenvalue weighted by Gasteiger charge is -2.47. The second-order valence-electron chi connectivity index (χ2n) is 5.02. The van der Waals surface area contributed by atoms with Gasteiger partial charge in [0.05, 0.1) is 6.07 Å². The maximum absolute atomic E-state index is 11.7. The van der Waals surface area contributed by atoms with E-state index in [1.807, 2.05) is 6.07 Å². The first-order valence-corrected chi connectivity index (χ1v) is 5.30. The summed E-state index contributed by atoms with van der Waals surface area (Å²) < 4.78 is 0. The van der Waals surface area contributed by atoms with Gasteiger partial charge in [0.1, 0.15) is 5.92 Å². The number of fused-ring (bicyclic) bond motifs is 2. The van der Waals surface area contributed by atoms with Crippen molar-refractivity contribution in [2.45, 2.75) is 38.3 Å². The molecule has 3 atom stereocenters. The van der Waals surface area contributed by atoms with Crippen LogP contribution in [0.4, 0.5) is 0 Å². The number of hydrogen-bond acceptors (Lipinski definition) is 4. The van der Waals surface area contributed by atoms with Crippen LogP contribution < -0.4 is 5.32 Å². The van der Waals surface area contributed by atoms with Crippen LogP contribution in [-0.2, 0) is 4.79 Å². The third-order valence-corrected chi connectivity index (χ3v) is 3.83. The number of nitrogens with one attached hydrogen (secondary N) is 1. The highest BCUT2D eigenvalue weighted by atomic mass is 16.6. The van der Waals surface area contributed by atoms with Gasteiger partial charge in [0.25, 0.3) is 5.66 Å². The van der Waals surface area contributed by atoms with E-state index < -0.39 is 27.8 Å². The van der Waals surface area contributed by atoms with E-state index in [1.54, 1.807) is 6.92 Å². The van der Waals surface area contributed by atoms with E-state index in [9.17, 15) is 14.9 Å². The Bertz CT molecular complexity index is 403. The van der Waals surface area contributed by atoms with E-state index >= 15 is 0 Å². The molecule has 1 amide bonds. The summed E-state index contributed by atoms with van der Waals surface area (Å²) in [6.45, 7) is 1.80. The van der Waals surface area contributed by atoms with Crippen molar-refractivity contribution in [3.05, 3.63) is 10.1 Å². The first-order chi connectivity index (χ1) is 7.43. The van der Waals surface area contributed by atoms with Crippen molar-refractivity contribution in [1.29, 1.82) is 5.26 Å². The highest BCUT2D eigenvalue weighted by Crippen LogP contribution is 2.49. The highest BCUT2D eigenvalue weighted by Gasteiger charge is 2.60. The number of carbonyl (C=O) groups excluding carboxylic acids is 1. The van der Waals surface area contributed by atoms with Crippen molar-refractivity contribution in [1.82, 2.24) is 5.32 Å². The molecule has 0 aromatic rings. The predicted octanol–water partition coefficient (Wildman–Crippen LogP) is 0.809. The van der Waals surface area contributed by atoms with Crippen molar-refractivity contribution >= 4 is 5.91 Å². The summed E-state index contributed by atoms with van der Waals surface area (Å²) >= 11 is 0. The van der Waals surface area contributed by atoms with Gasteiger partial charge in [0.15, 0.2) is 0 Å². The molecule has 2 aliphatic rings. The van der Waals surface area contributed by atoms with Crippen LogP contribution in [0.5, 0.6) is 0 Å². The lowest BCUT2D eigenvalue weighted by Crippen LogP contribution is -2.66. The zero-order chi connectivity index (χ0) is 12.0.